The lowest BCUT2D eigenvalue weighted by Crippen LogP contribution is -2.34. The van der Waals surface area contributed by atoms with Crippen LogP contribution in [0.4, 0.5) is 5.69 Å². The highest BCUT2D eigenvalue weighted by Crippen LogP contribution is 2.15. The number of carbonyl (C=O) groups excluding carboxylic acids is 1. The minimum absolute atomic E-state index is 0.233. The van der Waals surface area contributed by atoms with Gasteiger partial charge in [0.05, 0.1) is 5.56 Å². The van der Waals surface area contributed by atoms with Crippen LogP contribution < -0.4 is 10.6 Å². The van der Waals surface area contributed by atoms with E-state index in [1.54, 1.807) is 24.3 Å². The predicted octanol–water partition coefficient (Wildman–Crippen LogP) is 4.07. The summed E-state index contributed by atoms with van der Waals surface area (Å²) in [7, 11) is 0. The molecule has 1 amide bonds. The molecule has 20 heavy (non-hydrogen) atoms. The van der Waals surface area contributed by atoms with Gasteiger partial charge in [-0.2, -0.15) is 0 Å². The van der Waals surface area contributed by atoms with E-state index in [4.69, 9.17) is 23.8 Å². The van der Waals surface area contributed by atoms with E-state index in [9.17, 15) is 4.79 Å². The highest BCUT2D eigenvalue weighted by Gasteiger charge is 2.10. The van der Waals surface area contributed by atoms with E-state index in [0.29, 0.717) is 10.6 Å². The van der Waals surface area contributed by atoms with Crippen molar-refractivity contribution in [3.8, 4) is 0 Å². The summed E-state index contributed by atoms with van der Waals surface area (Å²) in [4.78, 5) is 12.1. The van der Waals surface area contributed by atoms with Crippen molar-refractivity contribution in [3.05, 3.63) is 62.7 Å². The molecule has 2 aromatic rings. The Bertz CT molecular complexity index is 663. The maximum Gasteiger partial charge on any atom is 0.258 e. The molecular formula is C14H10ClIN2OS. The van der Waals surface area contributed by atoms with Gasteiger partial charge in [0.1, 0.15) is 0 Å². The van der Waals surface area contributed by atoms with Crippen molar-refractivity contribution >= 4 is 63.1 Å². The summed E-state index contributed by atoms with van der Waals surface area (Å²) in [5, 5.41) is 6.39. The fraction of sp³-hybridized carbons (Fsp3) is 0. The Morgan fingerprint density at radius 2 is 1.90 bits per heavy atom. The van der Waals surface area contributed by atoms with Crippen molar-refractivity contribution in [1.29, 1.82) is 0 Å². The van der Waals surface area contributed by atoms with Gasteiger partial charge in [0, 0.05) is 14.3 Å². The first-order valence-corrected chi connectivity index (χ1v) is 7.55. The summed E-state index contributed by atoms with van der Waals surface area (Å²) in [5.74, 6) is -0.241. The van der Waals surface area contributed by atoms with E-state index < -0.39 is 0 Å². The maximum atomic E-state index is 12.1. The van der Waals surface area contributed by atoms with E-state index in [1.807, 2.05) is 24.3 Å². The molecule has 6 heteroatoms. The number of carbonyl (C=O) groups is 1. The van der Waals surface area contributed by atoms with Gasteiger partial charge < -0.3 is 5.32 Å². The molecule has 0 saturated heterocycles. The van der Waals surface area contributed by atoms with Crippen molar-refractivity contribution in [1.82, 2.24) is 5.32 Å². The van der Waals surface area contributed by atoms with Crippen LogP contribution in [0, 0.1) is 3.57 Å². The molecule has 2 aromatic carbocycles. The SMILES string of the molecule is O=C(NC(=S)Nc1cccc(Cl)c1)c1ccccc1I. The Balaban J connectivity index is 2.02. The maximum absolute atomic E-state index is 12.1. The third-order valence-corrected chi connectivity index (χ3v) is 3.81. The van der Waals surface area contributed by atoms with Crippen molar-refractivity contribution in [2.75, 3.05) is 5.32 Å². The average molecular weight is 417 g/mol. The number of anilines is 1. The number of rotatable bonds is 2. The molecule has 0 fully saturated rings. The second-order valence-electron chi connectivity index (χ2n) is 3.90. The van der Waals surface area contributed by atoms with Gasteiger partial charge >= 0.3 is 0 Å². The van der Waals surface area contributed by atoms with Crippen molar-refractivity contribution in [2.24, 2.45) is 0 Å². The molecule has 0 saturated carbocycles. The van der Waals surface area contributed by atoms with Gasteiger partial charge in [-0.3, -0.25) is 10.1 Å². The van der Waals surface area contributed by atoms with Crippen molar-refractivity contribution in [3.63, 3.8) is 0 Å². The van der Waals surface area contributed by atoms with Crippen LogP contribution in [0.15, 0.2) is 48.5 Å². The second kappa shape index (κ2) is 7.01. The van der Waals surface area contributed by atoms with Crippen LogP contribution in [0.2, 0.25) is 5.02 Å². The molecular weight excluding hydrogens is 407 g/mol. The van der Waals surface area contributed by atoms with E-state index in [1.165, 1.54) is 0 Å². The number of benzene rings is 2. The molecule has 0 radical (unpaired) electrons. The summed E-state index contributed by atoms with van der Waals surface area (Å²) >= 11 is 13.1. The third-order valence-electron chi connectivity index (χ3n) is 2.43. The topological polar surface area (TPSA) is 41.1 Å². The van der Waals surface area contributed by atoms with Crippen LogP contribution in [0.25, 0.3) is 0 Å². The number of thiocarbonyl (C=S) groups is 1. The zero-order valence-corrected chi connectivity index (χ0v) is 13.9. The normalized spacial score (nSPS) is 9.90. The standard InChI is InChI=1S/C14H10ClIN2OS/c15-9-4-3-5-10(8-9)17-14(20)18-13(19)11-6-1-2-7-12(11)16/h1-8H,(H2,17,18,19,20). The Morgan fingerprint density at radius 3 is 2.60 bits per heavy atom. The third kappa shape index (κ3) is 4.16. The molecule has 0 atom stereocenters. The van der Waals surface area contributed by atoms with Gasteiger partial charge in [-0.15, -0.1) is 0 Å². The first kappa shape index (κ1) is 15.2. The Morgan fingerprint density at radius 1 is 1.15 bits per heavy atom. The van der Waals surface area contributed by atoms with Crippen LogP contribution in [-0.2, 0) is 0 Å². The van der Waals surface area contributed by atoms with Crippen molar-refractivity contribution in [2.45, 2.75) is 0 Å². The summed E-state index contributed by atoms with van der Waals surface area (Å²) in [6, 6.07) is 14.4. The van der Waals surface area contributed by atoms with Crippen LogP contribution in [0.1, 0.15) is 10.4 Å². The summed E-state index contributed by atoms with van der Waals surface area (Å²) in [5.41, 5.74) is 1.31. The highest BCUT2D eigenvalue weighted by atomic mass is 127. The monoisotopic (exact) mass is 416 g/mol. The zero-order chi connectivity index (χ0) is 14.5. The molecule has 2 N–H and O–H groups in total. The minimum atomic E-state index is -0.241. The second-order valence-corrected chi connectivity index (χ2v) is 5.91. The van der Waals surface area contributed by atoms with E-state index in [2.05, 4.69) is 33.2 Å². The number of halogens is 2. The molecule has 0 aliphatic carbocycles. The largest absolute Gasteiger partial charge is 0.332 e. The fourth-order valence-corrected chi connectivity index (χ4v) is 2.58. The van der Waals surface area contributed by atoms with Crippen LogP contribution in [-0.4, -0.2) is 11.0 Å². The quantitative estimate of drug-likeness (QED) is 0.573. The zero-order valence-electron chi connectivity index (χ0n) is 10.2. The van der Waals surface area contributed by atoms with Gasteiger partial charge in [-0.05, 0) is 65.1 Å². The summed E-state index contributed by atoms with van der Waals surface area (Å²) in [6.45, 7) is 0. The average Bonchev–Trinajstić information content (AvgIpc) is 2.38. The van der Waals surface area contributed by atoms with Gasteiger partial charge in [-0.1, -0.05) is 29.8 Å². The number of nitrogens with one attached hydrogen (secondary N) is 2. The van der Waals surface area contributed by atoms with Crippen molar-refractivity contribution < 1.29 is 4.79 Å². The fourth-order valence-electron chi connectivity index (χ4n) is 1.54. The lowest BCUT2D eigenvalue weighted by atomic mass is 10.2. The molecule has 0 unspecified atom stereocenters. The molecule has 102 valence electrons. The summed E-state index contributed by atoms with van der Waals surface area (Å²) < 4.78 is 0.869. The molecule has 0 aliphatic heterocycles. The molecule has 3 nitrogen and oxygen atoms in total. The van der Waals surface area contributed by atoms with E-state index in [-0.39, 0.29) is 11.0 Å². The lowest BCUT2D eigenvalue weighted by molar-refractivity contribution is 0.0977. The van der Waals surface area contributed by atoms with Gasteiger partial charge in [0.25, 0.3) is 5.91 Å². The van der Waals surface area contributed by atoms with E-state index in [0.717, 1.165) is 9.26 Å². The number of hydrogen-bond donors (Lipinski definition) is 2. The number of hydrogen-bond acceptors (Lipinski definition) is 2. The first-order chi connectivity index (χ1) is 9.56. The Kier molecular flexibility index (Phi) is 5.33. The molecule has 0 spiro atoms. The molecule has 0 heterocycles. The smallest absolute Gasteiger partial charge is 0.258 e. The molecule has 2 rings (SSSR count). The number of amides is 1. The van der Waals surface area contributed by atoms with Gasteiger partial charge in [-0.25, -0.2) is 0 Å². The van der Waals surface area contributed by atoms with Crippen LogP contribution >= 0.6 is 46.4 Å². The Hall–Kier alpha value is -1.18. The lowest BCUT2D eigenvalue weighted by Gasteiger charge is -2.10. The molecule has 0 aromatic heterocycles. The van der Waals surface area contributed by atoms with Gasteiger partial charge in [0.15, 0.2) is 5.11 Å². The minimum Gasteiger partial charge on any atom is -0.332 e. The van der Waals surface area contributed by atoms with E-state index >= 15 is 0 Å². The highest BCUT2D eigenvalue weighted by molar-refractivity contribution is 14.1. The van der Waals surface area contributed by atoms with Gasteiger partial charge in [0.2, 0.25) is 0 Å². The molecule has 0 bridgehead atoms. The predicted molar refractivity (Wildman–Crippen MR) is 94.3 cm³/mol. The first-order valence-electron chi connectivity index (χ1n) is 5.68. The molecule has 0 aliphatic rings. The van der Waals surface area contributed by atoms with Crippen LogP contribution in [0.3, 0.4) is 0 Å². The Labute approximate surface area is 140 Å². The summed E-state index contributed by atoms with van der Waals surface area (Å²) in [6.07, 6.45) is 0. The van der Waals surface area contributed by atoms with Crippen LogP contribution in [0.5, 0.6) is 0 Å².